The summed E-state index contributed by atoms with van der Waals surface area (Å²) in [5.74, 6) is -1.30. The number of rotatable bonds is 4. The highest BCUT2D eigenvalue weighted by atomic mass is 16.5. The molecule has 0 saturated carbocycles. The molecule has 0 bridgehead atoms. The Hall–Kier alpha value is -3.39. The fraction of sp³-hybridized carbons (Fsp3) is 0.423. The third-order valence-corrected chi connectivity index (χ3v) is 8.12. The smallest absolute Gasteiger partial charge is 0.250 e. The molecule has 2 aromatic carbocycles. The molecule has 0 aliphatic carbocycles. The van der Waals surface area contributed by atoms with Gasteiger partial charge in [-0.15, -0.1) is 0 Å². The van der Waals surface area contributed by atoms with Gasteiger partial charge < -0.3 is 14.8 Å². The zero-order valence-corrected chi connectivity index (χ0v) is 19.5. The first-order valence-electron chi connectivity index (χ1n) is 11.8. The van der Waals surface area contributed by atoms with Crippen molar-refractivity contribution in [1.29, 1.82) is 0 Å². The maximum atomic E-state index is 14.2. The first kappa shape index (κ1) is 21.2. The van der Waals surface area contributed by atoms with Gasteiger partial charge in [0.15, 0.2) is 0 Å². The van der Waals surface area contributed by atoms with E-state index in [-0.39, 0.29) is 23.8 Å². The number of nitrogens with one attached hydrogen (secondary N) is 1. The molecule has 1 spiro atoms. The molecule has 176 valence electrons. The van der Waals surface area contributed by atoms with Crippen LogP contribution in [0.25, 0.3) is 0 Å². The Morgan fingerprint density at radius 1 is 1.09 bits per heavy atom. The van der Waals surface area contributed by atoms with Crippen LogP contribution in [0.4, 0.5) is 11.4 Å². The van der Waals surface area contributed by atoms with Gasteiger partial charge in [-0.3, -0.25) is 19.3 Å². The number of anilines is 2. The molecule has 8 nitrogen and oxygen atoms in total. The quantitative estimate of drug-likeness (QED) is 0.705. The molecule has 0 radical (unpaired) electrons. The van der Waals surface area contributed by atoms with E-state index < -0.39 is 17.4 Å². The summed E-state index contributed by atoms with van der Waals surface area (Å²) in [5.41, 5.74) is 1.81. The Morgan fingerprint density at radius 2 is 1.91 bits per heavy atom. The van der Waals surface area contributed by atoms with Crippen LogP contribution in [0.2, 0.25) is 0 Å². The van der Waals surface area contributed by atoms with Crippen molar-refractivity contribution in [1.82, 2.24) is 4.90 Å². The number of para-hydroxylation sites is 1. The fourth-order valence-electron chi connectivity index (χ4n) is 6.79. The van der Waals surface area contributed by atoms with Gasteiger partial charge in [-0.1, -0.05) is 25.1 Å². The lowest BCUT2D eigenvalue weighted by Crippen LogP contribution is -2.54. The number of amides is 3. The van der Waals surface area contributed by atoms with E-state index in [1.54, 1.807) is 18.2 Å². The zero-order valence-electron chi connectivity index (χ0n) is 19.5. The largest absolute Gasteiger partial charge is 0.497 e. The highest BCUT2D eigenvalue weighted by Crippen LogP contribution is 2.61. The Morgan fingerprint density at radius 3 is 2.65 bits per heavy atom. The summed E-state index contributed by atoms with van der Waals surface area (Å²) >= 11 is 0. The van der Waals surface area contributed by atoms with Crippen molar-refractivity contribution in [3.8, 4) is 11.5 Å². The number of nitrogens with zero attached hydrogens (tertiary/aromatic N) is 2. The highest BCUT2D eigenvalue weighted by molar-refractivity contribution is 6.26. The predicted molar refractivity (Wildman–Crippen MR) is 125 cm³/mol. The molecule has 3 saturated heterocycles. The summed E-state index contributed by atoms with van der Waals surface area (Å²) in [6.07, 6.45) is 2.42. The van der Waals surface area contributed by atoms with Crippen LogP contribution in [0, 0.1) is 11.8 Å². The second-order valence-electron chi connectivity index (χ2n) is 9.37. The van der Waals surface area contributed by atoms with Crippen molar-refractivity contribution >= 4 is 29.1 Å². The average Bonchev–Trinajstić information content (AvgIpc) is 3.56. The van der Waals surface area contributed by atoms with E-state index in [0.29, 0.717) is 23.7 Å². The number of imide groups is 1. The van der Waals surface area contributed by atoms with Gasteiger partial charge in [0.1, 0.15) is 17.0 Å². The fourth-order valence-corrected chi connectivity index (χ4v) is 6.79. The maximum Gasteiger partial charge on any atom is 0.250 e. The maximum absolute atomic E-state index is 14.2. The molecule has 3 fully saturated rings. The van der Waals surface area contributed by atoms with Crippen LogP contribution in [0.1, 0.15) is 30.9 Å². The van der Waals surface area contributed by atoms with E-state index in [1.807, 2.05) is 25.1 Å². The molecule has 1 N–H and O–H groups in total. The number of hydrogen-bond acceptors (Lipinski definition) is 6. The van der Waals surface area contributed by atoms with E-state index in [4.69, 9.17) is 9.47 Å². The molecule has 4 unspecified atom stereocenters. The summed E-state index contributed by atoms with van der Waals surface area (Å²) in [4.78, 5) is 45.3. The standard InChI is InChI=1S/C26H27N3O5/c1-4-14-7-5-8-16-22(14)27-25(32)26(16)21-20(17-9-6-12-28(17)26)23(30)29(24(21)31)18-13-15(33-2)10-11-19(18)34-3/h5,7-8,10-11,13,17,20-21H,4,6,9,12H2,1-3H3,(H,27,32). The van der Waals surface area contributed by atoms with E-state index in [9.17, 15) is 14.4 Å². The molecule has 0 aromatic heterocycles. The molecule has 4 aliphatic rings. The molecule has 8 heteroatoms. The second kappa shape index (κ2) is 7.30. The summed E-state index contributed by atoms with van der Waals surface area (Å²) in [6, 6.07) is 10.8. The number of methoxy groups -OCH3 is 2. The zero-order chi connectivity index (χ0) is 23.8. The Bertz CT molecular complexity index is 1240. The van der Waals surface area contributed by atoms with Gasteiger partial charge in [0.05, 0.1) is 31.7 Å². The summed E-state index contributed by atoms with van der Waals surface area (Å²) in [7, 11) is 3.04. The van der Waals surface area contributed by atoms with Crippen LogP contribution in [-0.4, -0.2) is 49.4 Å². The molecule has 3 amide bonds. The van der Waals surface area contributed by atoms with Gasteiger partial charge in [-0.2, -0.15) is 0 Å². The third kappa shape index (κ3) is 2.39. The van der Waals surface area contributed by atoms with E-state index in [0.717, 1.165) is 36.1 Å². The molecule has 34 heavy (non-hydrogen) atoms. The summed E-state index contributed by atoms with van der Waals surface area (Å²) in [5, 5.41) is 3.10. The molecule has 4 heterocycles. The lowest BCUT2D eigenvalue weighted by atomic mass is 9.75. The van der Waals surface area contributed by atoms with Gasteiger partial charge in [0.25, 0.3) is 0 Å². The van der Waals surface area contributed by atoms with Crippen molar-refractivity contribution in [3.63, 3.8) is 0 Å². The van der Waals surface area contributed by atoms with Crippen molar-refractivity contribution in [3.05, 3.63) is 47.5 Å². The van der Waals surface area contributed by atoms with Crippen molar-refractivity contribution in [2.75, 3.05) is 31.0 Å². The first-order chi connectivity index (χ1) is 16.5. The van der Waals surface area contributed by atoms with Gasteiger partial charge in [0, 0.05) is 23.4 Å². The summed E-state index contributed by atoms with van der Waals surface area (Å²) in [6.45, 7) is 2.73. The van der Waals surface area contributed by atoms with E-state index in [2.05, 4.69) is 10.2 Å². The van der Waals surface area contributed by atoms with Crippen LogP contribution in [-0.2, 0) is 26.3 Å². The topological polar surface area (TPSA) is 88.2 Å². The molecular formula is C26H27N3O5. The molecule has 6 rings (SSSR count). The second-order valence-corrected chi connectivity index (χ2v) is 9.37. The molecule has 2 aromatic rings. The molecular weight excluding hydrogens is 434 g/mol. The van der Waals surface area contributed by atoms with Crippen molar-refractivity contribution in [2.45, 2.75) is 37.8 Å². The number of benzene rings is 2. The third-order valence-electron chi connectivity index (χ3n) is 8.12. The summed E-state index contributed by atoms with van der Waals surface area (Å²) < 4.78 is 10.8. The molecule has 4 atom stereocenters. The van der Waals surface area contributed by atoms with E-state index >= 15 is 0 Å². The van der Waals surface area contributed by atoms with Gasteiger partial charge in [-0.05, 0) is 43.5 Å². The van der Waals surface area contributed by atoms with Gasteiger partial charge >= 0.3 is 0 Å². The normalized spacial score (nSPS) is 29.4. The van der Waals surface area contributed by atoms with Crippen LogP contribution in [0.3, 0.4) is 0 Å². The predicted octanol–water partition coefficient (Wildman–Crippen LogP) is 2.70. The minimum atomic E-state index is -1.18. The number of fused-ring (bicyclic) bond motifs is 7. The van der Waals surface area contributed by atoms with Crippen LogP contribution < -0.4 is 19.7 Å². The van der Waals surface area contributed by atoms with Crippen molar-refractivity contribution < 1.29 is 23.9 Å². The number of carbonyl (C=O) groups excluding carboxylic acids is 3. The monoisotopic (exact) mass is 461 g/mol. The Labute approximate surface area is 197 Å². The SMILES string of the molecule is CCc1cccc2c1NC(=O)C21C2C(=O)N(c3cc(OC)ccc3OC)C(=O)C2C2CCCN21. The number of aryl methyl sites for hydroxylation is 1. The lowest BCUT2D eigenvalue weighted by molar-refractivity contribution is -0.135. The van der Waals surface area contributed by atoms with Crippen LogP contribution >= 0.6 is 0 Å². The Balaban J connectivity index is 1.55. The van der Waals surface area contributed by atoms with Gasteiger partial charge in [-0.25, -0.2) is 4.90 Å². The first-order valence-corrected chi connectivity index (χ1v) is 11.8. The number of ether oxygens (including phenoxy) is 2. The lowest BCUT2D eigenvalue weighted by Gasteiger charge is -2.36. The van der Waals surface area contributed by atoms with E-state index in [1.165, 1.54) is 19.1 Å². The average molecular weight is 462 g/mol. The number of carbonyl (C=O) groups is 3. The van der Waals surface area contributed by atoms with Crippen molar-refractivity contribution in [2.24, 2.45) is 11.8 Å². The minimum absolute atomic E-state index is 0.162. The number of hydrogen-bond donors (Lipinski definition) is 1. The molecule has 4 aliphatic heterocycles. The van der Waals surface area contributed by atoms with Crippen LogP contribution in [0.15, 0.2) is 36.4 Å². The Kier molecular flexibility index (Phi) is 4.55. The minimum Gasteiger partial charge on any atom is -0.497 e. The van der Waals surface area contributed by atoms with Gasteiger partial charge in [0.2, 0.25) is 17.7 Å². The van der Waals surface area contributed by atoms with Crippen LogP contribution in [0.5, 0.6) is 11.5 Å². The highest BCUT2D eigenvalue weighted by Gasteiger charge is 2.74.